The molecule has 1 atom stereocenters. The van der Waals surface area contributed by atoms with E-state index in [0.717, 1.165) is 6.42 Å². The Labute approximate surface area is 108 Å². The Hall–Kier alpha value is -1.09. The Morgan fingerprint density at radius 2 is 2.00 bits per heavy atom. The van der Waals surface area contributed by atoms with Crippen molar-refractivity contribution in [2.75, 3.05) is 5.75 Å². The molecule has 102 valence electrons. The van der Waals surface area contributed by atoms with Crippen LogP contribution in [0.25, 0.3) is 0 Å². The molecule has 1 amide bonds. The molecule has 5 nitrogen and oxygen atoms in total. The molecule has 1 aliphatic rings. The van der Waals surface area contributed by atoms with Gasteiger partial charge < -0.3 is 5.32 Å². The lowest BCUT2D eigenvalue weighted by atomic mass is 9.94. The normalized spacial score (nSPS) is 23.1. The zero-order valence-corrected chi connectivity index (χ0v) is 11.7. The first-order valence-electron chi connectivity index (χ1n) is 6.35. The molecule has 1 aliphatic heterocycles. The van der Waals surface area contributed by atoms with E-state index in [1.165, 1.54) is 0 Å². The summed E-state index contributed by atoms with van der Waals surface area (Å²) in [7, 11) is -3.34. The number of carbonyl (C=O) groups excluding carboxylic acids is 1. The van der Waals surface area contributed by atoms with Gasteiger partial charge in [-0.05, 0) is 25.7 Å². The molecule has 1 heterocycles. The lowest BCUT2D eigenvalue weighted by Gasteiger charge is -2.29. The highest BCUT2D eigenvalue weighted by atomic mass is 32.2. The predicted molar refractivity (Wildman–Crippen MR) is 68.5 cm³/mol. The van der Waals surface area contributed by atoms with Crippen LogP contribution in [-0.2, 0) is 14.6 Å². The first-order valence-corrected chi connectivity index (χ1v) is 8.07. The van der Waals surface area contributed by atoms with Gasteiger partial charge in [0.1, 0.15) is 10.8 Å². The highest BCUT2D eigenvalue weighted by Crippen LogP contribution is 2.22. The Bertz CT molecular complexity index is 446. The molecule has 0 aromatic carbocycles. The molecule has 0 aromatic rings. The SMILES string of the molecule is CCC(C#N)(CC)NC(=O)C1CCCCS1(=O)=O. The Balaban J connectivity index is 2.85. The molecule has 1 saturated heterocycles. The maximum atomic E-state index is 12.1. The number of nitrogens with zero attached hydrogens (tertiary/aromatic N) is 1. The van der Waals surface area contributed by atoms with Gasteiger partial charge in [0.05, 0.1) is 11.8 Å². The third-order valence-electron chi connectivity index (χ3n) is 3.65. The molecule has 0 spiro atoms. The number of carbonyl (C=O) groups is 1. The van der Waals surface area contributed by atoms with Crippen molar-refractivity contribution in [3.8, 4) is 6.07 Å². The second-order valence-electron chi connectivity index (χ2n) is 4.74. The van der Waals surface area contributed by atoms with E-state index in [4.69, 9.17) is 5.26 Å². The van der Waals surface area contributed by atoms with Crippen LogP contribution in [0.1, 0.15) is 46.0 Å². The summed E-state index contributed by atoms with van der Waals surface area (Å²) < 4.78 is 23.7. The standard InChI is InChI=1S/C12H20N2O3S/c1-3-12(4-2,9-13)14-11(15)10-7-5-6-8-18(10,16)17/h10H,3-8H2,1-2H3,(H,14,15). The summed E-state index contributed by atoms with van der Waals surface area (Å²) in [6.45, 7) is 3.62. The molecule has 1 N–H and O–H groups in total. The Kier molecular flexibility index (Phi) is 4.74. The van der Waals surface area contributed by atoms with E-state index < -0.39 is 26.5 Å². The third kappa shape index (κ3) is 3.02. The topological polar surface area (TPSA) is 87.0 Å². The molecule has 1 fully saturated rings. The fourth-order valence-electron chi connectivity index (χ4n) is 2.18. The van der Waals surface area contributed by atoms with Crippen molar-refractivity contribution in [2.24, 2.45) is 0 Å². The molecule has 0 radical (unpaired) electrons. The number of nitrogens with one attached hydrogen (secondary N) is 1. The largest absolute Gasteiger partial charge is 0.337 e. The van der Waals surface area contributed by atoms with Gasteiger partial charge in [-0.3, -0.25) is 4.79 Å². The van der Waals surface area contributed by atoms with Crippen LogP contribution in [0.5, 0.6) is 0 Å². The van der Waals surface area contributed by atoms with Crippen molar-refractivity contribution in [2.45, 2.75) is 56.7 Å². The average molecular weight is 272 g/mol. The zero-order chi connectivity index (χ0) is 13.8. The quantitative estimate of drug-likeness (QED) is 0.831. The minimum absolute atomic E-state index is 0.0723. The van der Waals surface area contributed by atoms with Gasteiger partial charge in [-0.25, -0.2) is 8.42 Å². The van der Waals surface area contributed by atoms with Gasteiger partial charge in [-0.1, -0.05) is 20.3 Å². The zero-order valence-electron chi connectivity index (χ0n) is 10.9. The van der Waals surface area contributed by atoms with Crippen LogP contribution in [0.3, 0.4) is 0 Å². The summed E-state index contributed by atoms with van der Waals surface area (Å²) in [5.74, 6) is -0.442. The Morgan fingerprint density at radius 1 is 1.39 bits per heavy atom. The van der Waals surface area contributed by atoms with Crippen molar-refractivity contribution in [3.63, 3.8) is 0 Å². The number of sulfone groups is 1. The average Bonchev–Trinajstić information content (AvgIpc) is 2.35. The van der Waals surface area contributed by atoms with Gasteiger partial charge in [0, 0.05) is 0 Å². The molecule has 18 heavy (non-hydrogen) atoms. The van der Waals surface area contributed by atoms with E-state index in [2.05, 4.69) is 11.4 Å². The Morgan fingerprint density at radius 3 is 2.44 bits per heavy atom. The second kappa shape index (κ2) is 5.70. The van der Waals surface area contributed by atoms with E-state index in [1.807, 2.05) is 13.8 Å². The minimum atomic E-state index is -3.34. The summed E-state index contributed by atoms with van der Waals surface area (Å²) in [5.41, 5.74) is -0.940. The summed E-state index contributed by atoms with van der Waals surface area (Å²) in [5, 5.41) is 10.8. The molecule has 6 heteroatoms. The lowest BCUT2D eigenvalue weighted by Crippen LogP contribution is -2.52. The number of hydrogen-bond donors (Lipinski definition) is 1. The number of nitriles is 1. The summed E-state index contributed by atoms with van der Waals surface area (Å²) in [6, 6.07) is 2.09. The maximum Gasteiger partial charge on any atom is 0.239 e. The van der Waals surface area contributed by atoms with Gasteiger partial charge in [0.15, 0.2) is 9.84 Å². The molecular formula is C12H20N2O3S. The molecule has 0 bridgehead atoms. The van der Waals surface area contributed by atoms with Crippen LogP contribution in [0, 0.1) is 11.3 Å². The first kappa shape index (κ1) is 15.0. The van der Waals surface area contributed by atoms with E-state index in [0.29, 0.717) is 25.7 Å². The van der Waals surface area contributed by atoms with E-state index >= 15 is 0 Å². The minimum Gasteiger partial charge on any atom is -0.337 e. The monoisotopic (exact) mass is 272 g/mol. The van der Waals surface area contributed by atoms with Crippen LogP contribution in [0.4, 0.5) is 0 Å². The van der Waals surface area contributed by atoms with E-state index in [9.17, 15) is 13.2 Å². The van der Waals surface area contributed by atoms with Crippen molar-refractivity contribution >= 4 is 15.7 Å². The van der Waals surface area contributed by atoms with Crippen molar-refractivity contribution in [1.29, 1.82) is 5.26 Å². The van der Waals surface area contributed by atoms with Crippen LogP contribution < -0.4 is 5.32 Å². The summed E-state index contributed by atoms with van der Waals surface area (Å²) >= 11 is 0. The highest BCUT2D eigenvalue weighted by Gasteiger charge is 2.38. The van der Waals surface area contributed by atoms with Crippen molar-refractivity contribution in [1.82, 2.24) is 5.32 Å². The molecule has 0 saturated carbocycles. The third-order valence-corrected chi connectivity index (χ3v) is 5.83. The number of amides is 1. The predicted octanol–water partition coefficient (Wildman–Crippen LogP) is 1.15. The van der Waals surface area contributed by atoms with Crippen LogP contribution >= 0.6 is 0 Å². The fraction of sp³-hybridized carbons (Fsp3) is 0.833. The van der Waals surface area contributed by atoms with Gasteiger partial charge in [-0.15, -0.1) is 0 Å². The van der Waals surface area contributed by atoms with Gasteiger partial charge in [0.2, 0.25) is 5.91 Å². The lowest BCUT2D eigenvalue weighted by molar-refractivity contribution is -0.122. The van der Waals surface area contributed by atoms with Gasteiger partial charge in [0.25, 0.3) is 0 Å². The van der Waals surface area contributed by atoms with Crippen LogP contribution in [0.15, 0.2) is 0 Å². The fourth-order valence-corrected chi connectivity index (χ4v) is 3.98. The summed E-state index contributed by atoms with van der Waals surface area (Å²) in [4.78, 5) is 12.1. The molecular weight excluding hydrogens is 252 g/mol. The summed E-state index contributed by atoms with van der Waals surface area (Å²) in [6.07, 6.45) is 2.67. The van der Waals surface area contributed by atoms with Crippen molar-refractivity contribution < 1.29 is 13.2 Å². The molecule has 0 aliphatic carbocycles. The molecule has 1 rings (SSSR count). The van der Waals surface area contributed by atoms with E-state index in [1.54, 1.807) is 0 Å². The number of rotatable bonds is 4. The first-order chi connectivity index (χ1) is 8.40. The van der Waals surface area contributed by atoms with Crippen LogP contribution in [-0.4, -0.2) is 30.9 Å². The van der Waals surface area contributed by atoms with Gasteiger partial charge >= 0.3 is 0 Å². The maximum absolute atomic E-state index is 12.1. The second-order valence-corrected chi connectivity index (χ2v) is 7.04. The highest BCUT2D eigenvalue weighted by molar-refractivity contribution is 7.92. The smallest absolute Gasteiger partial charge is 0.239 e. The van der Waals surface area contributed by atoms with Crippen LogP contribution in [0.2, 0.25) is 0 Å². The molecule has 0 aromatic heterocycles. The number of hydrogen-bond acceptors (Lipinski definition) is 4. The molecule has 1 unspecified atom stereocenters. The van der Waals surface area contributed by atoms with Gasteiger partial charge in [-0.2, -0.15) is 5.26 Å². The van der Waals surface area contributed by atoms with Crippen molar-refractivity contribution in [3.05, 3.63) is 0 Å². The van der Waals surface area contributed by atoms with E-state index in [-0.39, 0.29) is 5.75 Å².